The third-order valence-electron chi connectivity index (χ3n) is 4.14. The summed E-state index contributed by atoms with van der Waals surface area (Å²) in [6.45, 7) is 11.1. The summed E-state index contributed by atoms with van der Waals surface area (Å²) in [5.41, 5.74) is 6.90. The summed E-state index contributed by atoms with van der Waals surface area (Å²) in [5.74, 6) is 0. The molecule has 0 saturated carbocycles. The molecule has 1 nitrogen and oxygen atoms in total. The lowest BCUT2D eigenvalue weighted by Crippen LogP contribution is -2.19. The second-order valence-corrected chi connectivity index (χ2v) is 6.95. The van der Waals surface area contributed by atoms with Crippen LogP contribution in [-0.2, 0) is 5.41 Å². The summed E-state index contributed by atoms with van der Waals surface area (Å²) in [7, 11) is 2.03. The molecule has 0 spiro atoms. The van der Waals surface area contributed by atoms with Gasteiger partial charge in [0.1, 0.15) is 0 Å². The molecule has 0 fully saturated rings. The molecule has 1 N–H and O–H groups in total. The van der Waals surface area contributed by atoms with E-state index in [4.69, 9.17) is 0 Å². The van der Waals surface area contributed by atoms with Crippen molar-refractivity contribution in [1.29, 1.82) is 0 Å². The molecule has 1 unspecified atom stereocenters. The average Bonchev–Trinajstić information content (AvgIpc) is 2.43. The molecule has 0 aromatic heterocycles. The second-order valence-electron chi connectivity index (χ2n) is 6.95. The van der Waals surface area contributed by atoms with Gasteiger partial charge in [0.05, 0.1) is 6.04 Å². The van der Waals surface area contributed by atoms with Crippen molar-refractivity contribution in [2.24, 2.45) is 0 Å². The molecule has 2 aromatic rings. The maximum atomic E-state index is 3.46. The fourth-order valence-corrected chi connectivity index (χ4v) is 2.75. The fourth-order valence-electron chi connectivity index (χ4n) is 2.75. The minimum atomic E-state index is 0.201. The van der Waals surface area contributed by atoms with Crippen LogP contribution in [0.1, 0.15) is 54.6 Å². The van der Waals surface area contributed by atoms with Crippen molar-refractivity contribution in [1.82, 2.24) is 5.32 Å². The molecular weight excluding hydrogens is 254 g/mol. The van der Waals surface area contributed by atoms with Crippen LogP contribution in [0.5, 0.6) is 0 Å². The Balaban J connectivity index is 2.40. The standard InChI is InChI=1S/C20H27N/c1-14-7-8-15(2)18(13-14)19(21-6)16-9-11-17(12-10-16)20(3,4)5/h7-13,19,21H,1-6H3. The summed E-state index contributed by atoms with van der Waals surface area (Å²) in [6.07, 6.45) is 0. The number of hydrogen-bond acceptors (Lipinski definition) is 1. The van der Waals surface area contributed by atoms with Gasteiger partial charge in [-0.1, -0.05) is 68.8 Å². The largest absolute Gasteiger partial charge is 0.309 e. The Kier molecular flexibility index (Phi) is 4.53. The van der Waals surface area contributed by atoms with Crippen LogP contribution in [0.3, 0.4) is 0 Å². The molecule has 0 bridgehead atoms. The minimum absolute atomic E-state index is 0.201. The molecule has 2 rings (SSSR count). The van der Waals surface area contributed by atoms with E-state index >= 15 is 0 Å². The van der Waals surface area contributed by atoms with Crippen LogP contribution in [-0.4, -0.2) is 7.05 Å². The number of rotatable bonds is 3. The molecule has 0 aliphatic rings. The van der Waals surface area contributed by atoms with Crippen LogP contribution in [0.15, 0.2) is 42.5 Å². The summed E-state index contributed by atoms with van der Waals surface area (Å²) in [5, 5.41) is 3.46. The monoisotopic (exact) mass is 281 g/mol. The number of hydrogen-bond donors (Lipinski definition) is 1. The summed E-state index contributed by atoms with van der Waals surface area (Å²) >= 11 is 0. The van der Waals surface area contributed by atoms with Gasteiger partial charge in [-0.2, -0.15) is 0 Å². The molecule has 0 radical (unpaired) electrons. The molecule has 1 heteroatoms. The Morgan fingerprint density at radius 3 is 2.05 bits per heavy atom. The zero-order valence-electron chi connectivity index (χ0n) is 14.1. The maximum absolute atomic E-state index is 3.46. The number of nitrogens with one attached hydrogen (secondary N) is 1. The first-order valence-corrected chi connectivity index (χ1v) is 7.68. The lowest BCUT2D eigenvalue weighted by Gasteiger charge is -2.23. The van der Waals surface area contributed by atoms with Crippen LogP contribution < -0.4 is 5.32 Å². The van der Waals surface area contributed by atoms with Crippen molar-refractivity contribution in [2.75, 3.05) is 7.05 Å². The molecule has 21 heavy (non-hydrogen) atoms. The van der Waals surface area contributed by atoms with E-state index in [0.29, 0.717) is 0 Å². The second kappa shape index (κ2) is 6.03. The SMILES string of the molecule is CNC(c1ccc(C(C)(C)C)cc1)c1cc(C)ccc1C. The molecule has 0 aliphatic heterocycles. The van der Waals surface area contributed by atoms with E-state index in [9.17, 15) is 0 Å². The predicted molar refractivity (Wildman–Crippen MR) is 92.0 cm³/mol. The average molecular weight is 281 g/mol. The van der Waals surface area contributed by atoms with Gasteiger partial charge in [0.2, 0.25) is 0 Å². The highest BCUT2D eigenvalue weighted by molar-refractivity contribution is 5.40. The molecule has 2 aromatic carbocycles. The van der Waals surface area contributed by atoms with Gasteiger partial charge in [0, 0.05) is 0 Å². The van der Waals surface area contributed by atoms with Crippen molar-refractivity contribution in [3.8, 4) is 0 Å². The Morgan fingerprint density at radius 2 is 1.52 bits per heavy atom. The van der Waals surface area contributed by atoms with Gasteiger partial charge in [-0.25, -0.2) is 0 Å². The van der Waals surface area contributed by atoms with Crippen LogP contribution in [0.4, 0.5) is 0 Å². The van der Waals surface area contributed by atoms with Gasteiger partial charge in [0.15, 0.2) is 0 Å². The molecule has 1 atom stereocenters. The van der Waals surface area contributed by atoms with Gasteiger partial charge in [-0.15, -0.1) is 0 Å². The van der Waals surface area contributed by atoms with E-state index in [0.717, 1.165) is 0 Å². The van der Waals surface area contributed by atoms with Crippen LogP contribution in [0.2, 0.25) is 0 Å². The molecular formula is C20H27N. The summed E-state index contributed by atoms with van der Waals surface area (Å²) in [4.78, 5) is 0. The highest BCUT2D eigenvalue weighted by Crippen LogP contribution is 2.28. The normalized spacial score (nSPS) is 13.2. The third kappa shape index (κ3) is 3.54. The van der Waals surface area contributed by atoms with Gasteiger partial charge in [0.25, 0.3) is 0 Å². The quantitative estimate of drug-likeness (QED) is 0.843. The van der Waals surface area contributed by atoms with E-state index in [1.165, 1.54) is 27.8 Å². The fraction of sp³-hybridized carbons (Fsp3) is 0.400. The first-order chi connectivity index (χ1) is 9.82. The highest BCUT2D eigenvalue weighted by Gasteiger charge is 2.17. The Morgan fingerprint density at radius 1 is 0.905 bits per heavy atom. The van der Waals surface area contributed by atoms with Crippen LogP contribution >= 0.6 is 0 Å². The van der Waals surface area contributed by atoms with Crippen molar-refractivity contribution in [2.45, 2.75) is 46.1 Å². The van der Waals surface area contributed by atoms with Crippen molar-refractivity contribution >= 4 is 0 Å². The Hall–Kier alpha value is -1.60. The van der Waals surface area contributed by atoms with Crippen LogP contribution in [0, 0.1) is 13.8 Å². The Labute approximate surface area is 129 Å². The topological polar surface area (TPSA) is 12.0 Å². The van der Waals surface area contributed by atoms with E-state index in [1.807, 2.05) is 7.05 Å². The zero-order chi connectivity index (χ0) is 15.6. The van der Waals surface area contributed by atoms with Gasteiger partial charge in [-0.05, 0) is 48.6 Å². The lowest BCUT2D eigenvalue weighted by atomic mass is 9.85. The van der Waals surface area contributed by atoms with Gasteiger partial charge >= 0.3 is 0 Å². The van der Waals surface area contributed by atoms with Crippen LogP contribution in [0.25, 0.3) is 0 Å². The third-order valence-corrected chi connectivity index (χ3v) is 4.14. The summed E-state index contributed by atoms with van der Waals surface area (Å²) in [6, 6.07) is 15.9. The molecule has 0 heterocycles. The highest BCUT2D eigenvalue weighted by atomic mass is 14.9. The van der Waals surface area contributed by atoms with Crippen molar-refractivity contribution < 1.29 is 0 Å². The maximum Gasteiger partial charge on any atom is 0.0576 e. The summed E-state index contributed by atoms with van der Waals surface area (Å²) < 4.78 is 0. The molecule has 0 aliphatic carbocycles. The smallest absolute Gasteiger partial charge is 0.0576 e. The molecule has 112 valence electrons. The van der Waals surface area contributed by atoms with Crippen molar-refractivity contribution in [3.63, 3.8) is 0 Å². The number of benzene rings is 2. The first kappa shape index (κ1) is 15.8. The first-order valence-electron chi connectivity index (χ1n) is 7.68. The van der Waals surface area contributed by atoms with Gasteiger partial charge in [-0.3, -0.25) is 0 Å². The van der Waals surface area contributed by atoms with Gasteiger partial charge < -0.3 is 5.32 Å². The van der Waals surface area contributed by atoms with E-state index in [-0.39, 0.29) is 11.5 Å². The number of aryl methyl sites for hydroxylation is 2. The predicted octanol–water partition coefficient (Wildman–Crippen LogP) is 4.91. The lowest BCUT2D eigenvalue weighted by molar-refractivity contribution is 0.589. The van der Waals surface area contributed by atoms with E-state index in [2.05, 4.69) is 82.4 Å². The molecule has 0 amide bonds. The van der Waals surface area contributed by atoms with E-state index < -0.39 is 0 Å². The van der Waals surface area contributed by atoms with E-state index in [1.54, 1.807) is 0 Å². The van der Waals surface area contributed by atoms with Crippen molar-refractivity contribution in [3.05, 3.63) is 70.3 Å². The molecule has 0 saturated heterocycles. The zero-order valence-corrected chi connectivity index (χ0v) is 14.1. The Bertz CT molecular complexity index is 603. The minimum Gasteiger partial charge on any atom is -0.309 e.